The highest BCUT2D eigenvalue weighted by Gasteiger charge is 2.31. The number of hydrogen-bond acceptors (Lipinski definition) is 4. The van der Waals surface area contributed by atoms with Crippen LogP contribution in [0.5, 0.6) is 0 Å². The van der Waals surface area contributed by atoms with Gasteiger partial charge in [0.1, 0.15) is 5.82 Å². The Labute approximate surface area is 181 Å². The van der Waals surface area contributed by atoms with Crippen LogP contribution in [0.25, 0.3) is 0 Å². The van der Waals surface area contributed by atoms with Gasteiger partial charge in [-0.05, 0) is 55.3 Å². The third-order valence-corrected chi connectivity index (χ3v) is 7.44. The van der Waals surface area contributed by atoms with Crippen molar-refractivity contribution in [3.8, 4) is 0 Å². The van der Waals surface area contributed by atoms with E-state index in [0.717, 1.165) is 5.56 Å². The second-order valence-electron chi connectivity index (χ2n) is 7.24. The number of carbonyl (C=O) groups excluding carboxylic acids is 1. The Hall–Kier alpha value is -2.00. The number of benzene rings is 2. The average Bonchev–Trinajstić information content (AvgIpc) is 2.75. The maximum atomic E-state index is 12.9. The molecular formula is C21H25ClFN3O3S. The SMILES string of the molecule is CC(C(=O)NCCc1ccc(F)cc1)N1CCN(S(=O)(=O)c2ccc(Cl)cc2)CC1. The van der Waals surface area contributed by atoms with Crippen molar-refractivity contribution in [3.05, 3.63) is 64.9 Å². The van der Waals surface area contributed by atoms with E-state index in [1.807, 2.05) is 11.8 Å². The molecule has 1 heterocycles. The van der Waals surface area contributed by atoms with Crippen molar-refractivity contribution >= 4 is 27.5 Å². The lowest BCUT2D eigenvalue weighted by Gasteiger charge is -2.36. The molecule has 0 saturated carbocycles. The molecule has 0 aromatic heterocycles. The molecule has 1 unspecified atom stereocenters. The van der Waals surface area contributed by atoms with E-state index < -0.39 is 10.0 Å². The van der Waals surface area contributed by atoms with E-state index in [9.17, 15) is 17.6 Å². The molecule has 1 amide bonds. The summed E-state index contributed by atoms with van der Waals surface area (Å²) in [5.41, 5.74) is 0.949. The smallest absolute Gasteiger partial charge is 0.243 e. The Kier molecular flexibility index (Phi) is 7.46. The fourth-order valence-corrected chi connectivity index (χ4v) is 4.93. The van der Waals surface area contributed by atoms with Crippen LogP contribution in [0.3, 0.4) is 0 Å². The minimum absolute atomic E-state index is 0.105. The van der Waals surface area contributed by atoms with Crippen LogP contribution in [0, 0.1) is 5.82 Å². The molecule has 2 aromatic carbocycles. The third-order valence-electron chi connectivity index (χ3n) is 5.28. The molecule has 162 valence electrons. The largest absolute Gasteiger partial charge is 0.354 e. The zero-order valence-electron chi connectivity index (χ0n) is 16.7. The van der Waals surface area contributed by atoms with Crippen LogP contribution in [-0.4, -0.2) is 62.3 Å². The summed E-state index contributed by atoms with van der Waals surface area (Å²) in [6.45, 7) is 3.85. The number of sulfonamides is 1. The van der Waals surface area contributed by atoms with Gasteiger partial charge in [-0.2, -0.15) is 4.31 Å². The summed E-state index contributed by atoms with van der Waals surface area (Å²) >= 11 is 5.84. The van der Waals surface area contributed by atoms with Crippen molar-refractivity contribution < 1.29 is 17.6 Å². The third kappa shape index (κ3) is 5.57. The highest BCUT2D eigenvalue weighted by atomic mass is 35.5. The van der Waals surface area contributed by atoms with E-state index in [1.165, 1.54) is 28.6 Å². The summed E-state index contributed by atoms with van der Waals surface area (Å²) in [7, 11) is -3.58. The highest BCUT2D eigenvalue weighted by Crippen LogP contribution is 2.20. The van der Waals surface area contributed by atoms with Crippen LogP contribution in [0.4, 0.5) is 4.39 Å². The zero-order valence-corrected chi connectivity index (χ0v) is 18.3. The van der Waals surface area contributed by atoms with E-state index in [2.05, 4.69) is 5.32 Å². The predicted molar refractivity (Wildman–Crippen MR) is 114 cm³/mol. The number of carbonyl (C=O) groups is 1. The standard InChI is InChI=1S/C21H25ClFN3O3S/c1-16(21(27)24-11-10-17-2-6-19(23)7-3-17)25-12-14-26(15-13-25)30(28,29)20-8-4-18(22)5-9-20/h2-9,16H,10-15H2,1H3,(H,24,27). The molecule has 1 aliphatic heterocycles. The Morgan fingerprint density at radius 1 is 1.07 bits per heavy atom. The molecule has 1 N–H and O–H groups in total. The van der Waals surface area contributed by atoms with Crippen LogP contribution in [0.2, 0.25) is 5.02 Å². The van der Waals surface area contributed by atoms with Gasteiger partial charge in [0.2, 0.25) is 15.9 Å². The summed E-state index contributed by atoms with van der Waals surface area (Å²) < 4.78 is 39.9. The molecule has 3 rings (SSSR count). The first kappa shape index (κ1) is 22.7. The fraction of sp³-hybridized carbons (Fsp3) is 0.381. The second kappa shape index (κ2) is 9.87. The molecule has 0 radical (unpaired) electrons. The Morgan fingerprint density at radius 2 is 1.67 bits per heavy atom. The van der Waals surface area contributed by atoms with Crippen LogP contribution < -0.4 is 5.32 Å². The minimum atomic E-state index is -3.58. The first-order valence-corrected chi connectivity index (χ1v) is 11.6. The number of hydrogen-bond donors (Lipinski definition) is 1. The Bertz CT molecular complexity index is 960. The van der Waals surface area contributed by atoms with Gasteiger partial charge in [0.05, 0.1) is 10.9 Å². The summed E-state index contributed by atoms with van der Waals surface area (Å²) in [6, 6.07) is 12.0. The normalized spacial score (nSPS) is 16.9. The minimum Gasteiger partial charge on any atom is -0.354 e. The molecule has 6 nitrogen and oxygen atoms in total. The number of nitrogens with one attached hydrogen (secondary N) is 1. The van der Waals surface area contributed by atoms with Crippen molar-refractivity contribution in [1.29, 1.82) is 0 Å². The number of halogens is 2. The lowest BCUT2D eigenvalue weighted by molar-refractivity contribution is -0.126. The summed E-state index contributed by atoms with van der Waals surface area (Å²) in [6.07, 6.45) is 0.617. The van der Waals surface area contributed by atoms with Crippen molar-refractivity contribution in [2.24, 2.45) is 0 Å². The molecule has 0 aliphatic carbocycles. The predicted octanol–water partition coefficient (Wildman–Crippen LogP) is 2.53. The topological polar surface area (TPSA) is 69.7 Å². The Morgan fingerprint density at radius 3 is 2.27 bits per heavy atom. The number of amides is 1. The van der Waals surface area contributed by atoms with E-state index >= 15 is 0 Å². The average molecular weight is 454 g/mol. The van der Waals surface area contributed by atoms with Gasteiger partial charge in [-0.15, -0.1) is 0 Å². The van der Waals surface area contributed by atoms with Crippen molar-refractivity contribution in [1.82, 2.24) is 14.5 Å². The van der Waals surface area contributed by atoms with Gasteiger partial charge < -0.3 is 5.32 Å². The highest BCUT2D eigenvalue weighted by molar-refractivity contribution is 7.89. The van der Waals surface area contributed by atoms with Gasteiger partial charge in [-0.3, -0.25) is 9.69 Å². The molecule has 30 heavy (non-hydrogen) atoms. The molecular weight excluding hydrogens is 429 g/mol. The van der Waals surface area contributed by atoms with Gasteiger partial charge in [-0.25, -0.2) is 12.8 Å². The maximum absolute atomic E-state index is 12.9. The molecule has 1 saturated heterocycles. The molecule has 1 aliphatic rings. The number of rotatable bonds is 7. The van der Waals surface area contributed by atoms with Gasteiger partial charge in [-0.1, -0.05) is 23.7 Å². The van der Waals surface area contributed by atoms with Crippen LogP contribution >= 0.6 is 11.6 Å². The quantitative estimate of drug-likeness (QED) is 0.699. The van der Waals surface area contributed by atoms with Gasteiger partial charge in [0.15, 0.2) is 0 Å². The van der Waals surface area contributed by atoms with E-state index in [-0.39, 0.29) is 22.7 Å². The van der Waals surface area contributed by atoms with E-state index in [4.69, 9.17) is 11.6 Å². The van der Waals surface area contributed by atoms with Gasteiger partial charge in [0.25, 0.3) is 0 Å². The monoisotopic (exact) mass is 453 g/mol. The first-order chi connectivity index (χ1) is 14.3. The van der Waals surface area contributed by atoms with Crippen LogP contribution in [0.1, 0.15) is 12.5 Å². The molecule has 9 heteroatoms. The summed E-state index contributed by atoms with van der Waals surface area (Å²) in [4.78, 5) is 14.6. The maximum Gasteiger partial charge on any atom is 0.243 e. The van der Waals surface area contributed by atoms with Crippen molar-refractivity contribution in [2.75, 3.05) is 32.7 Å². The number of piperazine rings is 1. The van der Waals surface area contributed by atoms with Crippen LogP contribution in [-0.2, 0) is 21.2 Å². The molecule has 1 fully saturated rings. The van der Waals surface area contributed by atoms with E-state index in [0.29, 0.717) is 44.2 Å². The number of nitrogens with zero attached hydrogens (tertiary/aromatic N) is 2. The molecule has 2 aromatic rings. The lowest BCUT2D eigenvalue weighted by Crippen LogP contribution is -2.55. The van der Waals surface area contributed by atoms with Crippen molar-refractivity contribution in [2.45, 2.75) is 24.3 Å². The summed E-state index contributed by atoms with van der Waals surface area (Å²) in [5, 5.41) is 3.38. The second-order valence-corrected chi connectivity index (χ2v) is 9.61. The summed E-state index contributed by atoms with van der Waals surface area (Å²) in [5.74, 6) is -0.389. The molecule has 0 bridgehead atoms. The van der Waals surface area contributed by atoms with Gasteiger partial charge >= 0.3 is 0 Å². The molecule has 1 atom stereocenters. The van der Waals surface area contributed by atoms with Crippen molar-refractivity contribution in [3.63, 3.8) is 0 Å². The first-order valence-electron chi connectivity index (χ1n) is 9.79. The lowest BCUT2D eigenvalue weighted by atomic mass is 10.1. The zero-order chi connectivity index (χ0) is 21.7. The van der Waals surface area contributed by atoms with E-state index in [1.54, 1.807) is 24.3 Å². The van der Waals surface area contributed by atoms with Gasteiger partial charge in [0, 0.05) is 37.7 Å². The molecule has 0 spiro atoms. The van der Waals surface area contributed by atoms with Crippen LogP contribution in [0.15, 0.2) is 53.4 Å². The fourth-order valence-electron chi connectivity index (χ4n) is 3.38. The Balaban J connectivity index is 1.48.